The number of nitrogens with zero attached hydrogens (tertiary/aromatic N) is 3. The van der Waals surface area contributed by atoms with Gasteiger partial charge in [0, 0.05) is 31.7 Å². The third kappa shape index (κ3) is 4.87. The zero-order valence-electron chi connectivity index (χ0n) is 16.8. The summed E-state index contributed by atoms with van der Waals surface area (Å²) in [5.41, 5.74) is 6.93. The number of halogens is 1. The quantitative estimate of drug-likeness (QED) is 0.742. The van der Waals surface area contributed by atoms with Crippen LogP contribution in [0, 0.1) is 0 Å². The number of hydrogen-bond acceptors (Lipinski definition) is 8. The molecule has 0 radical (unpaired) electrons. The molecule has 1 unspecified atom stereocenters. The SMILES string of the molecule is COc1cc2nc(N3CCC(OCC(C)OC)CC3)nc(N)c2cc1OC.Cl. The Morgan fingerprint density at radius 1 is 1.11 bits per heavy atom. The second kappa shape index (κ2) is 9.95. The summed E-state index contributed by atoms with van der Waals surface area (Å²) in [5, 5.41) is 0.753. The molecule has 1 aromatic heterocycles. The highest BCUT2D eigenvalue weighted by Crippen LogP contribution is 2.34. The maximum absolute atomic E-state index is 6.19. The molecule has 2 aromatic rings. The highest BCUT2D eigenvalue weighted by molar-refractivity contribution is 5.91. The zero-order valence-corrected chi connectivity index (χ0v) is 17.6. The van der Waals surface area contributed by atoms with E-state index in [2.05, 4.69) is 9.88 Å². The van der Waals surface area contributed by atoms with Crippen molar-refractivity contribution in [2.45, 2.75) is 32.0 Å². The largest absolute Gasteiger partial charge is 0.493 e. The number of hydrogen-bond donors (Lipinski definition) is 1. The molecule has 0 amide bonds. The van der Waals surface area contributed by atoms with Crippen molar-refractivity contribution in [1.82, 2.24) is 9.97 Å². The Bertz CT molecular complexity index is 784. The van der Waals surface area contributed by atoms with Gasteiger partial charge in [0.2, 0.25) is 5.95 Å². The lowest BCUT2D eigenvalue weighted by Gasteiger charge is -2.32. The van der Waals surface area contributed by atoms with Crippen LogP contribution in [0.15, 0.2) is 12.1 Å². The van der Waals surface area contributed by atoms with Crippen molar-refractivity contribution >= 4 is 35.1 Å². The average Bonchev–Trinajstić information content (AvgIpc) is 2.71. The Labute approximate surface area is 171 Å². The normalized spacial score (nSPS) is 15.9. The number of piperidine rings is 1. The molecule has 9 heteroatoms. The van der Waals surface area contributed by atoms with Gasteiger partial charge in [-0.15, -0.1) is 12.4 Å². The first-order valence-electron chi connectivity index (χ1n) is 9.14. The minimum absolute atomic E-state index is 0. The van der Waals surface area contributed by atoms with Crippen LogP contribution in [-0.2, 0) is 9.47 Å². The van der Waals surface area contributed by atoms with Crippen LogP contribution < -0.4 is 20.1 Å². The molecular weight excluding hydrogens is 384 g/mol. The lowest BCUT2D eigenvalue weighted by molar-refractivity contribution is -0.0276. The first-order chi connectivity index (χ1) is 13.0. The lowest BCUT2D eigenvalue weighted by atomic mass is 10.1. The number of benzene rings is 1. The standard InChI is InChI=1S/C19H28N4O4.ClH/c1-12(24-2)11-27-13-5-7-23(8-6-13)19-21-15-10-17(26-4)16(25-3)9-14(15)18(20)22-19;/h9-10,12-13H,5-8,11H2,1-4H3,(H2,20,21,22);1H. The van der Waals surface area contributed by atoms with E-state index in [4.69, 9.17) is 29.7 Å². The van der Waals surface area contributed by atoms with Crippen molar-refractivity contribution in [3.8, 4) is 11.5 Å². The van der Waals surface area contributed by atoms with Crippen molar-refractivity contribution in [2.75, 3.05) is 51.7 Å². The van der Waals surface area contributed by atoms with Crippen molar-refractivity contribution in [3.05, 3.63) is 12.1 Å². The summed E-state index contributed by atoms with van der Waals surface area (Å²) in [4.78, 5) is 11.3. The molecule has 1 aliphatic heterocycles. The van der Waals surface area contributed by atoms with E-state index in [1.165, 1.54) is 0 Å². The fourth-order valence-electron chi connectivity index (χ4n) is 3.17. The molecule has 0 aliphatic carbocycles. The van der Waals surface area contributed by atoms with Gasteiger partial charge < -0.3 is 29.6 Å². The summed E-state index contributed by atoms with van der Waals surface area (Å²) in [7, 11) is 4.89. The van der Waals surface area contributed by atoms with Gasteiger partial charge in [-0.3, -0.25) is 0 Å². The third-order valence-electron chi connectivity index (χ3n) is 4.91. The highest BCUT2D eigenvalue weighted by atomic mass is 35.5. The lowest BCUT2D eigenvalue weighted by Crippen LogP contribution is -2.38. The molecule has 28 heavy (non-hydrogen) atoms. The van der Waals surface area contributed by atoms with E-state index in [1.807, 2.05) is 19.1 Å². The Morgan fingerprint density at radius 3 is 2.36 bits per heavy atom. The molecule has 1 fully saturated rings. The number of nitrogen functional groups attached to an aromatic ring is 1. The van der Waals surface area contributed by atoms with Gasteiger partial charge in [-0.25, -0.2) is 4.98 Å². The molecule has 2 N–H and O–H groups in total. The number of nitrogens with two attached hydrogens (primary N) is 1. The number of methoxy groups -OCH3 is 3. The predicted octanol–water partition coefficient (Wildman–Crippen LogP) is 2.67. The minimum atomic E-state index is 0. The van der Waals surface area contributed by atoms with Gasteiger partial charge in [-0.05, 0) is 25.8 Å². The predicted molar refractivity (Wildman–Crippen MR) is 112 cm³/mol. The van der Waals surface area contributed by atoms with Crippen LogP contribution in [0.1, 0.15) is 19.8 Å². The second-order valence-corrected chi connectivity index (χ2v) is 6.70. The molecule has 0 bridgehead atoms. The Hall–Kier alpha value is -2.03. The van der Waals surface area contributed by atoms with Gasteiger partial charge in [0.1, 0.15) is 5.82 Å². The molecule has 1 aliphatic rings. The van der Waals surface area contributed by atoms with Crippen LogP contribution in [0.5, 0.6) is 11.5 Å². The van der Waals surface area contributed by atoms with Gasteiger partial charge in [0.25, 0.3) is 0 Å². The van der Waals surface area contributed by atoms with Gasteiger partial charge in [0.15, 0.2) is 11.5 Å². The molecule has 8 nitrogen and oxygen atoms in total. The third-order valence-corrected chi connectivity index (χ3v) is 4.91. The zero-order chi connectivity index (χ0) is 19.4. The highest BCUT2D eigenvalue weighted by Gasteiger charge is 2.23. The summed E-state index contributed by atoms with van der Waals surface area (Å²) in [6.45, 7) is 4.26. The molecule has 3 rings (SSSR count). The van der Waals surface area contributed by atoms with Gasteiger partial charge >= 0.3 is 0 Å². The summed E-state index contributed by atoms with van der Waals surface area (Å²) >= 11 is 0. The van der Waals surface area contributed by atoms with Crippen molar-refractivity contribution in [1.29, 1.82) is 0 Å². The summed E-state index contributed by atoms with van der Waals surface area (Å²) in [6, 6.07) is 3.64. The van der Waals surface area contributed by atoms with E-state index in [1.54, 1.807) is 21.3 Å². The van der Waals surface area contributed by atoms with Crippen molar-refractivity contribution < 1.29 is 18.9 Å². The maximum atomic E-state index is 6.19. The number of fused-ring (bicyclic) bond motifs is 1. The van der Waals surface area contributed by atoms with Crippen molar-refractivity contribution in [3.63, 3.8) is 0 Å². The molecule has 156 valence electrons. The van der Waals surface area contributed by atoms with Crippen LogP contribution in [0.4, 0.5) is 11.8 Å². The van der Waals surface area contributed by atoms with E-state index >= 15 is 0 Å². The van der Waals surface area contributed by atoms with Gasteiger partial charge in [-0.1, -0.05) is 0 Å². The molecule has 1 aromatic carbocycles. The number of rotatable bonds is 7. The first kappa shape index (κ1) is 22.3. The molecule has 1 atom stereocenters. The molecule has 1 saturated heterocycles. The minimum Gasteiger partial charge on any atom is -0.493 e. The van der Waals surface area contributed by atoms with E-state index in [0.717, 1.165) is 36.8 Å². The van der Waals surface area contributed by atoms with E-state index in [-0.39, 0.29) is 24.6 Å². The topological polar surface area (TPSA) is 92.0 Å². The molecule has 2 heterocycles. The maximum Gasteiger partial charge on any atom is 0.227 e. The second-order valence-electron chi connectivity index (χ2n) is 6.70. The molecule has 0 spiro atoms. The first-order valence-corrected chi connectivity index (χ1v) is 9.14. The van der Waals surface area contributed by atoms with Crippen LogP contribution in [-0.4, -0.2) is 63.2 Å². The molecular formula is C19H29ClN4O4. The number of aromatic nitrogens is 2. The van der Waals surface area contributed by atoms with Crippen LogP contribution in [0.2, 0.25) is 0 Å². The fraction of sp³-hybridized carbons (Fsp3) is 0.579. The Balaban J connectivity index is 0.00000280. The Kier molecular flexibility index (Phi) is 7.91. The summed E-state index contributed by atoms with van der Waals surface area (Å²) in [6.07, 6.45) is 2.19. The monoisotopic (exact) mass is 412 g/mol. The Morgan fingerprint density at radius 2 is 1.75 bits per heavy atom. The smallest absolute Gasteiger partial charge is 0.227 e. The fourth-order valence-corrected chi connectivity index (χ4v) is 3.17. The van der Waals surface area contributed by atoms with Crippen LogP contribution >= 0.6 is 12.4 Å². The average molecular weight is 413 g/mol. The summed E-state index contributed by atoms with van der Waals surface area (Å²) < 4.78 is 21.9. The van der Waals surface area contributed by atoms with E-state index in [0.29, 0.717) is 29.9 Å². The molecule has 0 saturated carbocycles. The van der Waals surface area contributed by atoms with Gasteiger partial charge in [0.05, 0.1) is 38.6 Å². The van der Waals surface area contributed by atoms with Crippen molar-refractivity contribution in [2.24, 2.45) is 0 Å². The van der Waals surface area contributed by atoms with Crippen LogP contribution in [0.3, 0.4) is 0 Å². The number of anilines is 2. The number of ether oxygens (including phenoxy) is 4. The van der Waals surface area contributed by atoms with E-state index < -0.39 is 0 Å². The summed E-state index contributed by atoms with van der Waals surface area (Å²) in [5.74, 6) is 2.30. The van der Waals surface area contributed by atoms with E-state index in [9.17, 15) is 0 Å². The van der Waals surface area contributed by atoms with Crippen LogP contribution in [0.25, 0.3) is 10.9 Å². The van der Waals surface area contributed by atoms with Gasteiger partial charge in [-0.2, -0.15) is 4.98 Å².